The SMILES string of the molecule is Nc1ccc(-c2nc3c(c(=O)[nH]2)CN(Cc2ccc(F)c(Cl)c2)CC3)cc1. The summed E-state index contributed by atoms with van der Waals surface area (Å²) < 4.78 is 13.3. The van der Waals surface area contributed by atoms with Crippen LogP contribution in [0.15, 0.2) is 47.3 Å². The Bertz CT molecular complexity index is 1050. The third kappa shape index (κ3) is 3.72. The van der Waals surface area contributed by atoms with E-state index in [0.717, 1.165) is 23.4 Å². The number of rotatable bonds is 3. The summed E-state index contributed by atoms with van der Waals surface area (Å²) in [5.74, 6) is 0.123. The van der Waals surface area contributed by atoms with Crippen molar-refractivity contribution in [1.82, 2.24) is 14.9 Å². The number of benzene rings is 2. The molecule has 0 aliphatic carbocycles. The van der Waals surface area contributed by atoms with E-state index in [9.17, 15) is 9.18 Å². The lowest BCUT2D eigenvalue weighted by atomic mass is 10.1. The van der Waals surface area contributed by atoms with Crippen LogP contribution in [0.2, 0.25) is 5.02 Å². The zero-order valence-corrected chi connectivity index (χ0v) is 15.3. The van der Waals surface area contributed by atoms with Crippen molar-refractivity contribution < 1.29 is 4.39 Å². The monoisotopic (exact) mass is 384 g/mol. The van der Waals surface area contributed by atoms with E-state index in [-0.39, 0.29) is 10.6 Å². The number of aromatic amines is 1. The number of halogens is 2. The van der Waals surface area contributed by atoms with Crippen LogP contribution in [0.4, 0.5) is 10.1 Å². The minimum atomic E-state index is -0.430. The van der Waals surface area contributed by atoms with Gasteiger partial charge in [0.15, 0.2) is 0 Å². The Balaban J connectivity index is 1.57. The molecule has 0 fully saturated rings. The molecule has 0 bridgehead atoms. The Hall–Kier alpha value is -2.70. The summed E-state index contributed by atoms with van der Waals surface area (Å²) in [7, 11) is 0. The van der Waals surface area contributed by atoms with E-state index < -0.39 is 5.82 Å². The van der Waals surface area contributed by atoms with Crippen LogP contribution in [-0.4, -0.2) is 21.4 Å². The molecule has 5 nitrogen and oxygen atoms in total. The average molecular weight is 385 g/mol. The molecule has 0 atom stereocenters. The number of nitrogens with zero attached hydrogens (tertiary/aromatic N) is 2. The Morgan fingerprint density at radius 2 is 2.00 bits per heavy atom. The summed E-state index contributed by atoms with van der Waals surface area (Å²) >= 11 is 5.86. The molecule has 0 radical (unpaired) electrons. The van der Waals surface area contributed by atoms with Gasteiger partial charge in [0.1, 0.15) is 11.6 Å². The molecule has 2 aromatic carbocycles. The van der Waals surface area contributed by atoms with E-state index in [0.29, 0.717) is 36.6 Å². The first-order valence-corrected chi connectivity index (χ1v) is 9.01. The quantitative estimate of drug-likeness (QED) is 0.679. The van der Waals surface area contributed by atoms with Crippen LogP contribution in [0, 0.1) is 5.82 Å². The summed E-state index contributed by atoms with van der Waals surface area (Å²) in [4.78, 5) is 22.2. The molecule has 3 N–H and O–H groups in total. The zero-order chi connectivity index (χ0) is 19.0. The van der Waals surface area contributed by atoms with E-state index in [4.69, 9.17) is 17.3 Å². The first-order valence-electron chi connectivity index (χ1n) is 8.64. The number of hydrogen-bond acceptors (Lipinski definition) is 4. The fourth-order valence-corrected chi connectivity index (χ4v) is 3.49. The van der Waals surface area contributed by atoms with Crippen molar-refractivity contribution in [2.24, 2.45) is 0 Å². The molecule has 0 amide bonds. The van der Waals surface area contributed by atoms with E-state index in [1.54, 1.807) is 24.3 Å². The lowest BCUT2D eigenvalue weighted by Gasteiger charge is -2.27. The van der Waals surface area contributed by atoms with Crippen molar-refractivity contribution in [3.63, 3.8) is 0 Å². The van der Waals surface area contributed by atoms with E-state index in [2.05, 4.69) is 14.9 Å². The van der Waals surface area contributed by atoms with Crippen molar-refractivity contribution in [3.8, 4) is 11.4 Å². The van der Waals surface area contributed by atoms with E-state index in [1.807, 2.05) is 12.1 Å². The van der Waals surface area contributed by atoms with Gasteiger partial charge in [-0.15, -0.1) is 0 Å². The van der Waals surface area contributed by atoms with Crippen LogP contribution in [-0.2, 0) is 19.5 Å². The van der Waals surface area contributed by atoms with Gasteiger partial charge in [-0.05, 0) is 42.0 Å². The standard InChI is InChI=1S/C20H18ClFN4O/c21-16-9-12(1-6-17(16)22)10-26-8-7-18-15(11-26)20(27)25-19(24-18)13-2-4-14(23)5-3-13/h1-6,9H,7-8,10-11,23H2,(H,24,25,27). The first kappa shape index (κ1) is 17.7. The van der Waals surface area contributed by atoms with Crippen LogP contribution >= 0.6 is 11.6 Å². The Morgan fingerprint density at radius 1 is 1.22 bits per heavy atom. The summed E-state index contributed by atoms with van der Waals surface area (Å²) in [5.41, 5.74) is 9.48. The molecule has 1 aromatic heterocycles. The van der Waals surface area contributed by atoms with Crippen LogP contribution in [0.3, 0.4) is 0 Å². The van der Waals surface area contributed by atoms with Crippen LogP contribution in [0.1, 0.15) is 16.8 Å². The topological polar surface area (TPSA) is 75.0 Å². The molecule has 4 rings (SSSR count). The average Bonchev–Trinajstić information content (AvgIpc) is 2.66. The Morgan fingerprint density at radius 3 is 2.74 bits per heavy atom. The second-order valence-corrected chi connectivity index (χ2v) is 7.08. The number of fused-ring (bicyclic) bond motifs is 1. The minimum Gasteiger partial charge on any atom is -0.399 e. The molecule has 0 saturated heterocycles. The minimum absolute atomic E-state index is 0.109. The molecule has 138 valence electrons. The van der Waals surface area contributed by atoms with E-state index in [1.165, 1.54) is 6.07 Å². The van der Waals surface area contributed by atoms with Gasteiger partial charge in [0.2, 0.25) is 0 Å². The number of aromatic nitrogens is 2. The molecule has 27 heavy (non-hydrogen) atoms. The van der Waals surface area contributed by atoms with Crippen molar-refractivity contribution in [3.05, 3.63) is 80.5 Å². The number of nitrogens with one attached hydrogen (secondary N) is 1. The maximum Gasteiger partial charge on any atom is 0.255 e. The number of nitrogen functional groups attached to an aromatic ring is 1. The molecule has 3 aromatic rings. The lowest BCUT2D eigenvalue weighted by Crippen LogP contribution is -2.35. The Kier molecular flexibility index (Phi) is 4.68. The van der Waals surface area contributed by atoms with Crippen LogP contribution < -0.4 is 11.3 Å². The van der Waals surface area contributed by atoms with Gasteiger partial charge >= 0.3 is 0 Å². The van der Waals surface area contributed by atoms with Crippen LogP contribution in [0.25, 0.3) is 11.4 Å². The Labute approximate surface area is 160 Å². The fraction of sp³-hybridized carbons (Fsp3) is 0.200. The third-order valence-electron chi connectivity index (χ3n) is 4.72. The predicted octanol–water partition coefficient (Wildman–Crippen LogP) is 3.37. The molecular weight excluding hydrogens is 367 g/mol. The largest absolute Gasteiger partial charge is 0.399 e. The van der Waals surface area contributed by atoms with Gasteiger partial charge in [-0.1, -0.05) is 17.7 Å². The molecule has 1 aliphatic rings. The van der Waals surface area contributed by atoms with Gasteiger partial charge in [0.25, 0.3) is 5.56 Å². The van der Waals surface area contributed by atoms with Crippen molar-refractivity contribution in [2.75, 3.05) is 12.3 Å². The summed E-state index contributed by atoms with van der Waals surface area (Å²) in [5, 5.41) is 0.109. The summed E-state index contributed by atoms with van der Waals surface area (Å²) in [6.45, 7) is 1.85. The number of nitrogens with two attached hydrogens (primary N) is 1. The highest BCUT2D eigenvalue weighted by Gasteiger charge is 2.21. The second-order valence-electron chi connectivity index (χ2n) is 6.67. The summed E-state index contributed by atoms with van der Waals surface area (Å²) in [6.07, 6.45) is 0.677. The first-order chi connectivity index (χ1) is 13.0. The highest BCUT2D eigenvalue weighted by Crippen LogP contribution is 2.22. The molecule has 7 heteroatoms. The summed E-state index contributed by atoms with van der Waals surface area (Å²) in [6, 6.07) is 11.9. The highest BCUT2D eigenvalue weighted by molar-refractivity contribution is 6.30. The normalized spacial score (nSPS) is 14.1. The third-order valence-corrected chi connectivity index (χ3v) is 5.01. The molecule has 0 unspecified atom stereocenters. The second kappa shape index (κ2) is 7.13. The molecule has 0 saturated carbocycles. The molecule has 0 spiro atoms. The molecular formula is C20H18ClFN4O. The highest BCUT2D eigenvalue weighted by atomic mass is 35.5. The fourth-order valence-electron chi connectivity index (χ4n) is 3.29. The zero-order valence-electron chi connectivity index (χ0n) is 14.5. The van der Waals surface area contributed by atoms with Gasteiger partial charge < -0.3 is 10.7 Å². The number of H-pyrrole nitrogens is 1. The number of anilines is 1. The van der Waals surface area contributed by atoms with Gasteiger partial charge in [0.05, 0.1) is 16.3 Å². The number of hydrogen-bond donors (Lipinski definition) is 2. The maximum absolute atomic E-state index is 13.3. The van der Waals surface area contributed by atoms with Crippen molar-refractivity contribution in [1.29, 1.82) is 0 Å². The van der Waals surface area contributed by atoms with Gasteiger partial charge in [-0.25, -0.2) is 9.37 Å². The van der Waals surface area contributed by atoms with Crippen molar-refractivity contribution >= 4 is 17.3 Å². The maximum atomic E-state index is 13.3. The van der Waals surface area contributed by atoms with Crippen LogP contribution in [0.5, 0.6) is 0 Å². The van der Waals surface area contributed by atoms with Gasteiger partial charge in [-0.2, -0.15) is 0 Å². The lowest BCUT2D eigenvalue weighted by molar-refractivity contribution is 0.242. The van der Waals surface area contributed by atoms with Gasteiger partial charge in [0, 0.05) is 37.3 Å². The smallest absolute Gasteiger partial charge is 0.255 e. The molecule has 2 heterocycles. The van der Waals surface area contributed by atoms with Gasteiger partial charge in [-0.3, -0.25) is 9.69 Å². The van der Waals surface area contributed by atoms with Crippen molar-refractivity contribution in [2.45, 2.75) is 19.5 Å². The predicted molar refractivity (Wildman–Crippen MR) is 104 cm³/mol. The molecule has 1 aliphatic heterocycles. The van der Waals surface area contributed by atoms with E-state index >= 15 is 0 Å².